The van der Waals surface area contributed by atoms with Crippen LogP contribution in [0.25, 0.3) is 0 Å². The number of hydrogen-bond acceptors (Lipinski definition) is 2. The van der Waals surface area contributed by atoms with Gasteiger partial charge in [0.2, 0.25) is 0 Å². The van der Waals surface area contributed by atoms with Crippen LogP contribution in [0, 0.1) is 5.92 Å². The zero-order valence-corrected chi connectivity index (χ0v) is 8.62. The summed E-state index contributed by atoms with van der Waals surface area (Å²) in [4.78, 5) is 0. The maximum atomic E-state index is 9.04. The minimum absolute atomic E-state index is 0.0985. The Bertz CT molecular complexity index is 266. The third kappa shape index (κ3) is 2.31. The smallest absolute Gasteiger partial charge is 0.0715 e. The predicted octanol–water partition coefficient (Wildman–Crippen LogP) is 1.59. The number of hydrogen-bond donors (Lipinski definition) is 1. The average Bonchev–Trinajstić information content (AvgIpc) is 2.45. The highest BCUT2D eigenvalue weighted by atomic mass is 16.3. The molecule has 0 saturated carbocycles. The molecule has 1 aromatic rings. The molecular weight excluding hydrogens is 164 g/mol. The lowest BCUT2D eigenvalue weighted by Crippen LogP contribution is -2.09. The lowest BCUT2D eigenvalue weighted by Gasteiger charge is -2.09. The first-order chi connectivity index (χ1) is 6.19. The van der Waals surface area contributed by atoms with Crippen molar-refractivity contribution in [2.75, 3.05) is 0 Å². The van der Waals surface area contributed by atoms with Crippen molar-refractivity contribution in [3.05, 3.63) is 17.5 Å². The van der Waals surface area contributed by atoms with Crippen molar-refractivity contribution in [2.24, 2.45) is 5.92 Å². The van der Waals surface area contributed by atoms with Crippen molar-refractivity contribution < 1.29 is 5.11 Å². The molecule has 0 bridgehead atoms. The normalized spacial score (nSPS) is 11.2. The maximum absolute atomic E-state index is 9.04. The van der Waals surface area contributed by atoms with Gasteiger partial charge in [0.1, 0.15) is 0 Å². The number of aromatic nitrogens is 2. The largest absolute Gasteiger partial charge is 0.392 e. The molecule has 0 amide bonds. The standard InChI is InChI=1S/C10H18N2O/c1-4-10-9(7-13)5-11-12(10)6-8(2)3/h5,8,13H,4,6-7H2,1-3H3. The third-order valence-electron chi connectivity index (χ3n) is 2.08. The first kappa shape index (κ1) is 10.3. The number of nitrogens with zero attached hydrogens (tertiary/aromatic N) is 2. The highest BCUT2D eigenvalue weighted by Crippen LogP contribution is 2.11. The van der Waals surface area contributed by atoms with E-state index in [0.29, 0.717) is 5.92 Å². The van der Waals surface area contributed by atoms with Crippen LogP contribution in [-0.4, -0.2) is 14.9 Å². The molecule has 1 aromatic heterocycles. The highest BCUT2D eigenvalue weighted by molar-refractivity contribution is 5.16. The lowest BCUT2D eigenvalue weighted by molar-refractivity contribution is 0.280. The molecule has 0 saturated heterocycles. The Morgan fingerprint density at radius 2 is 2.23 bits per heavy atom. The van der Waals surface area contributed by atoms with Crippen LogP contribution in [0.2, 0.25) is 0 Å². The van der Waals surface area contributed by atoms with Gasteiger partial charge in [0, 0.05) is 17.8 Å². The first-order valence-corrected chi connectivity index (χ1v) is 4.83. The van der Waals surface area contributed by atoms with E-state index in [4.69, 9.17) is 5.11 Å². The van der Waals surface area contributed by atoms with Gasteiger partial charge in [-0.25, -0.2) is 0 Å². The van der Waals surface area contributed by atoms with Crippen molar-refractivity contribution in [1.29, 1.82) is 0 Å². The van der Waals surface area contributed by atoms with Gasteiger partial charge in [-0.1, -0.05) is 20.8 Å². The molecule has 74 valence electrons. The molecule has 0 aromatic carbocycles. The van der Waals surface area contributed by atoms with Crippen LogP contribution in [-0.2, 0) is 19.6 Å². The molecule has 0 atom stereocenters. The van der Waals surface area contributed by atoms with E-state index in [1.165, 1.54) is 0 Å². The van der Waals surface area contributed by atoms with Gasteiger partial charge in [-0.2, -0.15) is 5.10 Å². The quantitative estimate of drug-likeness (QED) is 0.768. The summed E-state index contributed by atoms with van der Waals surface area (Å²) in [6.45, 7) is 7.46. The highest BCUT2D eigenvalue weighted by Gasteiger charge is 2.08. The summed E-state index contributed by atoms with van der Waals surface area (Å²) in [5.74, 6) is 0.594. The van der Waals surface area contributed by atoms with Gasteiger partial charge in [-0.3, -0.25) is 4.68 Å². The molecule has 0 unspecified atom stereocenters. The van der Waals surface area contributed by atoms with Crippen LogP contribution in [0.1, 0.15) is 32.0 Å². The summed E-state index contributed by atoms with van der Waals surface area (Å²) in [6, 6.07) is 0. The van der Waals surface area contributed by atoms with Crippen molar-refractivity contribution >= 4 is 0 Å². The predicted molar refractivity (Wildman–Crippen MR) is 52.4 cm³/mol. The first-order valence-electron chi connectivity index (χ1n) is 4.83. The van der Waals surface area contributed by atoms with Crippen LogP contribution in [0.3, 0.4) is 0 Å². The molecule has 0 aliphatic carbocycles. The Hall–Kier alpha value is -0.830. The second-order valence-corrected chi connectivity index (χ2v) is 3.70. The van der Waals surface area contributed by atoms with Gasteiger partial charge in [0.05, 0.1) is 12.8 Å². The van der Waals surface area contributed by atoms with E-state index in [1.807, 2.05) is 4.68 Å². The number of aliphatic hydroxyl groups excluding tert-OH is 1. The molecule has 1 heterocycles. The monoisotopic (exact) mass is 182 g/mol. The Balaban J connectivity index is 2.87. The van der Waals surface area contributed by atoms with Gasteiger partial charge in [0.15, 0.2) is 0 Å². The van der Waals surface area contributed by atoms with E-state index in [1.54, 1.807) is 6.20 Å². The van der Waals surface area contributed by atoms with Gasteiger partial charge in [-0.05, 0) is 12.3 Å². The van der Waals surface area contributed by atoms with Crippen molar-refractivity contribution in [2.45, 2.75) is 40.3 Å². The van der Waals surface area contributed by atoms with E-state index in [-0.39, 0.29) is 6.61 Å². The minimum Gasteiger partial charge on any atom is -0.392 e. The topological polar surface area (TPSA) is 38.1 Å². The Morgan fingerprint density at radius 1 is 1.54 bits per heavy atom. The second kappa shape index (κ2) is 4.42. The fourth-order valence-corrected chi connectivity index (χ4v) is 1.49. The molecule has 0 radical (unpaired) electrons. The van der Waals surface area contributed by atoms with Crippen molar-refractivity contribution in [1.82, 2.24) is 9.78 Å². The summed E-state index contributed by atoms with van der Waals surface area (Å²) in [6.07, 6.45) is 2.70. The SMILES string of the molecule is CCc1c(CO)cnn1CC(C)C. The lowest BCUT2D eigenvalue weighted by atomic mass is 10.2. The number of rotatable bonds is 4. The zero-order valence-electron chi connectivity index (χ0n) is 8.62. The molecule has 3 nitrogen and oxygen atoms in total. The third-order valence-corrected chi connectivity index (χ3v) is 2.08. The molecule has 0 aliphatic heterocycles. The molecule has 1 rings (SSSR count). The molecule has 0 aliphatic rings. The Labute approximate surface area is 79.4 Å². The van der Waals surface area contributed by atoms with E-state index in [0.717, 1.165) is 24.2 Å². The van der Waals surface area contributed by atoms with E-state index >= 15 is 0 Å². The summed E-state index contributed by atoms with van der Waals surface area (Å²) >= 11 is 0. The Morgan fingerprint density at radius 3 is 2.69 bits per heavy atom. The number of aliphatic hydroxyl groups is 1. The molecular formula is C10H18N2O. The van der Waals surface area contributed by atoms with E-state index in [9.17, 15) is 0 Å². The van der Waals surface area contributed by atoms with Crippen molar-refractivity contribution in [3.63, 3.8) is 0 Å². The summed E-state index contributed by atoms with van der Waals surface area (Å²) < 4.78 is 2.00. The zero-order chi connectivity index (χ0) is 9.84. The molecule has 0 fully saturated rings. The van der Waals surface area contributed by atoms with Crippen LogP contribution in [0.15, 0.2) is 6.20 Å². The minimum atomic E-state index is 0.0985. The molecule has 0 spiro atoms. The summed E-state index contributed by atoms with van der Waals surface area (Å²) in [5, 5.41) is 13.3. The maximum Gasteiger partial charge on any atom is 0.0715 e. The summed E-state index contributed by atoms with van der Waals surface area (Å²) in [7, 11) is 0. The molecule has 3 heteroatoms. The Kier molecular flexibility index (Phi) is 3.48. The van der Waals surface area contributed by atoms with Crippen LogP contribution < -0.4 is 0 Å². The van der Waals surface area contributed by atoms with Crippen LogP contribution >= 0.6 is 0 Å². The van der Waals surface area contributed by atoms with Crippen LogP contribution in [0.4, 0.5) is 0 Å². The van der Waals surface area contributed by atoms with Gasteiger partial charge >= 0.3 is 0 Å². The van der Waals surface area contributed by atoms with Crippen LogP contribution in [0.5, 0.6) is 0 Å². The fourth-order valence-electron chi connectivity index (χ4n) is 1.49. The second-order valence-electron chi connectivity index (χ2n) is 3.70. The summed E-state index contributed by atoms with van der Waals surface area (Å²) in [5.41, 5.74) is 2.12. The molecule has 13 heavy (non-hydrogen) atoms. The molecule has 1 N–H and O–H groups in total. The van der Waals surface area contributed by atoms with Gasteiger partial charge in [-0.15, -0.1) is 0 Å². The van der Waals surface area contributed by atoms with Gasteiger partial charge in [0.25, 0.3) is 0 Å². The van der Waals surface area contributed by atoms with Crippen molar-refractivity contribution in [3.8, 4) is 0 Å². The van der Waals surface area contributed by atoms with E-state index in [2.05, 4.69) is 25.9 Å². The average molecular weight is 182 g/mol. The van der Waals surface area contributed by atoms with E-state index < -0.39 is 0 Å². The fraction of sp³-hybridized carbons (Fsp3) is 0.700. The van der Waals surface area contributed by atoms with Gasteiger partial charge < -0.3 is 5.11 Å².